The molecule has 1 aromatic carbocycles. The number of hydrogen-bond acceptors (Lipinski definition) is 5. The average Bonchev–Trinajstić information content (AvgIpc) is 2.70. The van der Waals surface area contributed by atoms with Crippen LogP contribution in [0.4, 0.5) is 0 Å². The minimum absolute atomic E-state index is 0.0527. The lowest BCUT2D eigenvalue weighted by molar-refractivity contribution is -0.0899. The molecule has 0 bridgehead atoms. The fraction of sp³-hybridized carbons (Fsp3) is 0.680. The Balaban J connectivity index is 2.19. The number of methoxy groups -OCH3 is 4. The Bertz CT molecular complexity index is 769. The Hall–Kier alpha value is -1.88. The average molecular weight is 419 g/mol. The maximum absolute atomic E-state index is 11.9. The van der Waals surface area contributed by atoms with Gasteiger partial charge in [0.25, 0.3) is 0 Å². The molecule has 1 aromatic rings. The van der Waals surface area contributed by atoms with Gasteiger partial charge in [0.05, 0.1) is 40.1 Å². The molecule has 2 aliphatic carbocycles. The van der Waals surface area contributed by atoms with Gasteiger partial charge in [-0.1, -0.05) is 39.3 Å². The van der Waals surface area contributed by atoms with E-state index in [0.717, 1.165) is 31.3 Å². The molecule has 2 saturated carbocycles. The second-order valence-corrected chi connectivity index (χ2v) is 9.78. The third-order valence-corrected chi connectivity index (χ3v) is 7.84. The molecule has 0 saturated heterocycles. The topological polar surface area (TPSA) is 57.2 Å². The quantitative estimate of drug-likeness (QED) is 0.614. The number of hydrogen-bond donors (Lipinski definition) is 1. The number of ether oxygens (including phenoxy) is 4. The van der Waals surface area contributed by atoms with E-state index in [0.29, 0.717) is 34.5 Å². The molecule has 0 amide bonds. The van der Waals surface area contributed by atoms with Crippen LogP contribution in [0.5, 0.6) is 23.0 Å². The second kappa shape index (κ2) is 8.33. The van der Waals surface area contributed by atoms with Crippen molar-refractivity contribution < 1.29 is 24.1 Å². The molecule has 0 aliphatic heterocycles. The summed E-state index contributed by atoms with van der Waals surface area (Å²) in [7, 11) is 6.34. The molecule has 0 radical (unpaired) electrons. The summed E-state index contributed by atoms with van der Waals surface area (Å²) in [4.78, 5) is 0. The van der Waals surface area contributed by atoms with Crippen molar-refractivity contribution in [2.75, 3.05) is 28.4 Å². The van der Waals surface area contributed by atoms with E-state index >= 15 is 0 Å². The van der Waals surface area contributed by atoms with Gasteiger partial charge in [-0.3, -0.25) is 0 Å². The van der Waals surface area contributed by atoms with Crippen molar-refractivity contribution in [3.8, 4) is 23.0 Å². The molecule has 0 spiro atoms. The standard InChI is InChI=1S/C25H38O5/c1-15-10-11-18-24(2,3)12-9-13-25(18,4)20(15)21(26)19-22(29-7)16(27-5)14-17(28-6)23(19)30-8/h14,18,20-21,26H,1,9-13H2,2-8H3/t18-,20+,21?,25-/m0/s1. The molecule has 3 rings (SSSR count). The zero-order chi connectivity index (χ0) is 22.3. The highest BCUT2D eigenvalue weighted by molar-refractivity contribution is 5.62. The van der Waals surface area contributed by atoms with Gasteiger partial charge in [0.1, 0.15) is 0 Å². The van der Waals surface area contributed by atoms with E-state index < -0.39 is 6.10 Å². The van der Waals surface area contributed by atoms with Gasteiger partial charge in [-0.15, -0.1) is 0 Å². The summed E-state index contributed by atoms with van der Waals surface area (Å²) in [5, 5.41) is 11.9. The van der Waals surface area contributed by atoms with Crippen LogP contribution in [0, 0.1) is 22.7 Å². The van der Waals surface area contributed by atoms with E-state index in [1.54, 1.807) is 34.5 Å². The molecular formula is C25H38O5. The van der Waals surface area contributed by atoms with Crippen molar-refractivity contribution in [2.24, 2.45) is 22.7 Å². The molecule has 168 valence electrons. The molecule has 1 N–H and O–H groups in total. The first-order valence-electron chi connectivity index (χ1n) is 10.9. The van der Waals surface area contributed by atoms with Crippen LogP contribution in [0.2, 0.25) is 0 Å². The number of aliphatic hydroxyl groups excluding tert-OH is 1. The van der Waals surface area contributed by atoms with Crippen LogP contribution in [0.25, 0.3) is 0 Å². The Morgan fingerprint density at radius 2 is 1.53 bits per heavy atom. The third-order valence-electron chi connectivity index (χ3n) is 7.84. The van der Waals surface area contributed by atoms with Gasteiger partial charge in [0.2, 0.25) is 0 Å². The summed E-state index contributed by atoms with van der Waals surface area (Å²) in [6.07, 6.45) is 4.67. The van der Waals surface area contributed by atoms with Crippen LogP contribution in [0.1, 0.15) is 64.5 Å². The first kappa shape index (κ1) is 22.8. The van der Waals surface area contributed by atoms with Crippen LogP contribution in [0.3, 0.4) is 0 Å². The maximum atomic E-state index is 11.9. The fourth-order valence-electron chi connectivity index (χ4n) is 6.57. The fourth-order valence-corrected chi connectivity index (χ4v) is 6.57. The number of aliphatic hydroxyl groups is 1. The molecule has 0 heterocycles. The van der Waals surface area contributed by atoms with Gasteiger partial charge in [-0.25, -0.2) is 0 Å². The van der Waals surface area contributed by atoms with Crippen molar-refractivity contribution in [1.29, 1.82) is 0 Å². The molecule has 0 aromatic heterocycles. The number of rotatable bonds is 6. The highest BCUT2D eigenvalue weighted by atomic mass is 16.5. The van der Waals surface area contributed by atoms with Crippen LogP contribution < -0.4 is 18.9 Å². The summed E-state index contributed by atoms with van der Waals surface area (Å²) < 4.78 is 22.5. The van der Waals surface area contributed by atoms with Gasteiger partial charge in [-0.2, -0.15) is 0 Å². The first-order chi connectivity index (χ1) is 14.2. The van der Waals surface area contributed by atoms with Gasteiger partial charge >= 0.3 is 0 Å². The molecule has 4 atom stereocenters. The van der Waals surface area contributed by atoms with E-state index in [-0.39, 0.29) is 16.7 Å². The van der Waals surface area contributed by atoms with E-state index in [4.69, 9.17) is 18.9 Å². The van der Waals surface area contributed by atoms with Gasteiger partial charge in [-0.05, 0) is 42.4 Å². The lowest BCUT2D eigenvalue weighted by Crippen LogP contribution is -2.51. The smallest absolute Gasteiger partial charge is 0.170 e. The van der Waals surface area contributed by atoms with Crippen LogP contribution >= 0.6 is 0 Å². The van der Waals surface area contributed by atoms with Gasteiger partial charge in [0.15, 0.2) is 23.0 Å². The maximum Gasteiger partial charge on any atom is 0.170 e. The summed E-state index contributed by atoms with van der Waals surface area (Å²) in [5.41, 5.74) is 1.87. The molecular weight excluding hydrogens is 380 g/mol. The highest BCUT2D eigenvalue weighted by Crippen LogP contribution is 2.64. The lowest BCUT2D eigenvalue weighted by Gasteiger charge is -2.58. The molecule has 2 fully saturated rings. The normalized spacial score (nSPS) is 29.0. The van der Waals surface area contributed by atoms with Crippen molar-refractivity contribution in [2.45, 2.75) is 59.0 Å². The Morgan fingerprint density at radius 1 is 0.967 bits per heavy atom. The third kappa shape index (κ3) is 3.45. The summed E-state index contributed by atoms with van der Waals surface area (Å²) >= 11 is 0. The second-order valence-electron chi connectivity index (χ2n) is 9.78. The molecule has 30 heavy (non-hydrogen) atoms. The van der Waals surface area contributed by atoms with Crippen molar-refractivity contribution in [3.63, 3.8) is 0 Å². The number of benzene rings is 1. The van der Waals surface area contributed by atoms with E-state index in [2.05, 4.69) is 27.4 Å². The Labute approximate surface area is 181 Å². The molecule has 5 nitrogen and oxygen atoms in total. The summed E-state index contributed by atoms with van der Waals surface area (Å²) in [6, 6.07) is 1.73. The Morgan fingerprint density at radius 3 is 2.03 bits per heavy atom. The molecule has 1 unspecified atom stereocenters. The molecule has 2 aliphatic rings. The summed E-state index contributed by atoms with van der Waals surface area (Å²) in [5.74, 6) is 2.41. The van der Waals surface area contributed by atoms with Gasteiger partial charge in [0, 0.05) is 12.0 Å². The van der Waals surface area contributed by atoms with E-state index in [1.165, 1.54) is 6.42 Å². The van der Waals surface area contributed by atoms with Crippen molar-refractivity contribution in [1.82, 2.24) is 0 Å². The minimum Gasteiger partial charge on any atom is -0.493 e. The SMILES string of the molecule is C=C1CC[C@H]2C(C)(C)CCC[C@]2(C)[C@H]1C(O)c1c(OC)c(OC)cc(OC)c1OC. The summed E-state index contributed by atoms with van der Waals surface area (Å²) in [6.45, 7) is 11.5. The number of fused-ring (bicyclic) bond motifs is 1. The van der Waals surface area contributed by atoms with Crippen molar-refractivity contribution in [3.05, 3.63) is 23.8 Å². The predicted octanol–water partition coefficient (Wildman–Crippen LogP) is 5.55. The van der Waals surface area contributed by atoms with Crippen LogP contribution in [-0.2, 0) is 0 Å². The lowest BCUT2D eigenvalue weighted by atomic mass is 9.46. The monoisotopic (exact) mass is 418 g/mol. The predicted molar refractivity (Wildman–Crippen MR) is 119 cm³/mol. The largest absolute Gasteiger partial charge is 0.493 e. The van der Waals surface area contributed by atoms with E-state index in [9.17, 15) is 5.11 Å². The highest BCUT2D eigenvalue weighted by Gasteiger charge is 2.55. The van der Waals surface area contributed by atoms with Crippen LogP contribution in [0.15, 0.2) is 18.2 Å². The van der Waals surface area contributed by atoms with Gasteiger partial charge < -0.3 is 24.1 Å². The zero-order valence-corrected chi connectivity index (χ0v) is 19.6. The van der Waals surface area contributed by atoms with E-state index in [1.807, 2.05) is 0 Å². The first-order valence-corrected chi connectivity index (χ1v) is 10.9. The Kier molecular flexibility index (Phi) is 6.33. The molecule has 5 heteroatoms. The zero-order valence-electron chi connectivity index (χ0n) is 19.6. The van der Waals surface area contributed by atoms with Crippen molar-refractivity contribution >= 4 is 0 Å². The minimum atomic E-state index is -0.840. The van der Waals surface area contributed by atoms with Crippen LogP contribution in [-0.4, -0.2) is 33.5 Å².